The van der Waals surface area contributed by atoms with Gasteiger partial charge in [0.1, 0.15) is 4.83 Å². The molecule has 3 heterocycles. The molecule has 0 bridgehead atoms. The van der Waals surface area contributed by atoms with Crippen LogP contribution in [0.1, 0.15) is 27.3 Å². The number of aryl methyl sites for hydroxylation is 2. The fourth-order valence-electron chi connectivity index (χ4n) is 3.72. The van der Waals surface area contributed by atoms with Gasteiger partial charge in [0.25, 0.3) is 0 Å². The van der Waals surface area contributed by atoms with Gasteiger partial charge in [-0.1, -0.05) is 0 Å². The van der Waals surface area contributed by atoms with Gasteiger partial charge in [0.05, 0.1) is 18.1 Å². The summed E-state index contributed by atoms with van der Waals surface area (Å²) in [6.07, 6.45) is 3.16. The number of thioether (sulfide) groups is 1. The van der Waals surface area contributed by atoms with E-state index in [0.29, 0.717) is 0 Å². The second kappa shape index (κ2) is 8.82. The maximum Gasteiger partial charge on any atom is 0.203 e. The fraction of sp³-hybridized carbons (Fsp3) is 0.409. The lowest BCUT2D eigenvalue weighted by Crippen LogP contribution is -2.37. The van der Waals surface area contributed by atoms with Gasteiger partial charge in [-0.15, -0.1) is 23.1 Å². The van der Waals surface area contributed by atoms with E-state index < -0.39 is 0 Å². The van der Waals surface area contributed by atoms with Gasteiger partial charge >= 0.3 is 0 Å². The molecule has 0 saturated carbocycles. The molecule has 2 aromatic heterocycles. The number of ether oxygens (including phenoxy) is 1. The molecule has 1 aliphatic rings. The first-order valence-corrected chi connectivity index (χ1v) is 11.8. The molecule has 6 heteroatoms. The van der Waals surface area contributed by atoms with E-state index in [1.54, 1.807) is 23.1 Å². The maximum absolute atomic E-state index is 12.9. The van der Waals surface area contributed by atoms with E-state index in [1.165, 1.54) is 20.8 Å². The van der Waals surface area contributed by atoms with Crippen molar-refractivity contribution in [2.24, 2.45) is 0 Å². The number of hydrogen-bond donors (Lipinski definition) is 0. The first kappa shape index (κ1) is 19.7. The Bertz CT molecular complexity index is 953. The van der Waals surface area contributed by atoms with E-state index in [0.717, 1.165) is 56.3 Å². The van der Waals surface area contributed by atoms with Crippen LogP contribution < -0.4 is 0 Å². The predicted molar refractivity (Wildman–Crippen MR) is 118 cm³/mol. The molecule has 148 valence electrons. The zero-order chi connectivity index (χ0) is 19.5. The zero-order valence-corrected chi connectivity index (χ0v) is 18.1. The van der Waals surface area contributed by atoms with E-state index in [4.69, 9.17) is 4.74 Å². The highest BCUT2D eigenvalue weighted by Gasteiger charge is 2.17. The Morgan fingerprint density at radius 2 is 1.89 bits per heavy atom. The van der Waals surface area contributed by atoms with E-state index in [9.17, 15) is 4.79 Å². The Balaban J connectivity index is 1.48. The highest BCUT2D eigenvalue weighted by Crippen LogP contribution is 2.31. The molecule has 28 heavy (non-hydrogen) atoms. The number of morpholine rings is 1. The zero-order valence-electron chi connectivity index (χ0n) is 16.4. The third-order valence-corrected chi connectivity index (χ3v) is 7.23. The van der Waals surface area contributed by atoms with Gasteiger partial charge in [0, 0.05) is 47.7 Å². The summed E-state index contributed by atoms with van der Waals surface area (Å²) in [5, 5.41) is 1.18. The molecule has 1 aliphatic heterocycles. The van der Waals surface area contributed by atoms with Crippen molar-refractivity contribution in [3.63, 3.8) is 0 Å². The molecule has 0 spiro atoms. The van der Waals surface area contributed by atoms with E-state index in [1.807, 2.05) is 30.5 Å². The van der Waals surface area contributed by atoms with Gasteiger partial charge in [-0.3, -0.25) is 9.69 Å². The summed E-state index contributed by atoms with van der Waals surface area (Å²) in [5.74, 6) is 0.117. The molecular weight excluding hydrogens is 388 g/mol. The van der Waals surface area contributed by atoms with Crippen LogP contribution in [0.5, 0.6) is 0 Å². The number of aromatic nitrogens is 1. The number of nitrogens with zero attached hydrogens (tertiary/aromatic N) is 2. The lowest BCUT2D eigenvalue weighted by molar-refractivity contribution is 0.0369. The molecule has 4 rings (SSSR count). The summed E-state index contributed by atoms with van der Waals surface area (Å²) in [7, 11) is 0. The average molecular weight is 415 g/mol. The molecule has 4 nitrogen and oxygen atoms in total. The van der Waals surface area contributed by atoms with Crippen LogP contribution in [0.25, 0.3) is 10.2 Å². The second-order valence-corrected chi connectivity index (χ2v) is 9.08. The average Bonchev–Trinajstić information content (AvgIpc) is 3.26. The molecule has 3 aromatic rings. The quantitative estimate of drug-likeness (QED) is 0.415. The van der Waals surface area contributed by atoms with Crippen molar-refractivity contribution >= 4 is 39.1 Å². The first-order chi connectivity index (χ1) is 13.7. The molecule has 0 N–H and O–H groups in total. The molecular formula is C22H26N2O2S2. The summed E-state index contributed by atoms with van der Waals surface area (Å²) in [5.41, 5.74) is 2.03. The number of fused-ring (bicyclic) bond motifs is 1. The van der Waals surface area contributed by atoms with Gasteiger partial charge < -0.3 is 9.30 Å². The Morgan fingerprint density at radius 1 is 1.14 bits per heavy atom. The number of carbonyl (C=O) groups is 1. The minimum Gasteiger partial charge on any atom is -0.379 e. The minimum absolute atomic E-state index is 0.117. The smallest absolute Gasteiger partial charge is 0.203 e. The summed E-state index contributed by atoms with van der Waals surface area (Å²) in [4.78, 5) is 18.6. The first-order valence-electron chi connectivity index (χ1n) is 9.74. The molecule has 1 saturated heterocycles. The molecule has 1 aromatic carbocycles. The highest BCUT2D eigenvalue weighted by atomic mass is 32.2. The SMILES string of the molecule is CSc1ccc(C(=O)c2cc3cc(C)n(CCCN4CCOCC4)c3s2)cc1. The van der Waals surface area contributed by atoms with Crippen molar-refractivity contribution in [3.05, 3.63) is 52.5 Å². The third kappa shape index (κ3) is 4.20. The van der Waals surface area contributed by atoms with Gasteiger partial charge in [-0.2, -0.15) is 0 Å². The van der Waals surface area contributed by atoms with Crippen molar-refractivity contribution in [2.75, 3.05) is 39.1 Å². The van der Waals surface area contributed by atoms with Gasteiger partial charge in [0.15, 0.2) is 0 Å². The van der Waals surface area contributed by atoms with Crippen molar-refractivity contribution in [1.82, 2.24) is 9.47 Å². The summed E-state index contributed by atoms with van der Waals surface area (Å²) < 4.78 is 7.79. The number of hydrogen-bond acceptors (Lipinski definition) is 5. The number of thiophene rings is 1. The van der Waals surface area contributed by atoms with E-state index in [2.05, 4.69) is 28.5 Å². The van der Waals surface area contributed by atoms with Crippen LogP contribution >= 0.6 is 23.1 Å². The second-order valence-electron chi connectivity index (χ2n) is 7.17. The standard InChI is InChI=1S/C22H26N2O2S2/c1-16-14-18-15-20(21(25)17-4-6-19(27-2)7-5-17)28-22(18)24(16)9-3-8-23-10-12-26-13-11-23/h4-7,14-15H,3,8-13H2,1-2H3. The minimum atomic E-state index is 0.117. The summed E-state index contributed by atoms with van der Waals surface area (Å²) in [6.45, 7) is 8.01. The Hall–Kier alpha value is -1.60. The number of ketones is 1. The van der Waals surface area contributed by atoms with Crippen molar-refractivity contribution in [1.29, 1.82) is 0 Å². The summed E-state index contributed by atoms with van der Waals surface area (Å²) >= 11 is 3.31. The maximum atomic E-state index is 12.9. The van der Waals surface area contributed by atoms with Gasteiger partial charge in [-0.05, 0) is 56.0 Å². The Kier molecular flexibility index (Phi) is 6.21. The van der Waals surface area contributed by atoms with E-state index >= 15 is 0 Å². The van der Waals surface area contributed by atoms with E-state index in [-0.39, 0.29) is 5.78 Å². The van der Waals surface area contributed by atoms with Crippen LogP contribution in [-0.4, -0.2) is 54.4 Å². The van der Waals surface area contributed by atoms with Crippen molar-refractivity contribution < 1.29 is 9.53 Å². The van der Waals surface area contributed by atoms with Crippen LogP contribution in [-0.2, 0) is 11.3 Å². The highest BCUT2D eigenvalue weighted by molar-refractivity contribution is 7.98. The van der Waals surface area contributed by atoms with Gasteiger partial charge in [0.2, 0.25) is 5.78 Å². The van der Waals surface area contributed by atoms with Crippen molar-refractivity contribution in [2.45, 2.75) is 24.8 Å². The monoisotopic (exact) mass is 414 g/mol. The number of carbonyl (C=O) groups excluding carboxylic acids is 1. The largest absolute Gasteiger partial charge is 0.379 e. The molecule has 0 amide bonds. The molecule has 0 atom stereocenters. The van der Waals surface area contributed by atoms with Crippen LogP contribution in [0.2, 0.25) is 0 Å². The number of benzene rings is 1. The van der Waals surface area contributed by atoms with Crippen LogP contribution in [0.15, 0.2) is 41.3 Å². The molecule has 0 radical (unpaired) electrons. The van der Waals surface area contributed by atoms with Crippen molar-refractivity contribution in [3.8, 4) is 0 Å². The normalized spacial score (nSPS) is 15.4. The molecule has 1 fully saturated rings. The Labute approximate surface area is 174 Å². The van der Waals surface area contributed by atoms with Gasteiger partial charge in [-0.25, -0.2) is 0 Å². The third-order valence-electron chi connectivity index (χ3n) is 5.31. The lowest BCUT2D eigenvalue weighted by Gasteiger charge is -2.26. The topological polar surface area (TPSA) is 34.5 Å². The van der Waals surface area contributed by atoms with Crippen LogP contribution in [0.3, 0.4) is 0 Å². The fourth-order valence-corrected chi connectivity index (χ4v) is 5.32. The lowest BCUT2D eigenvalue weighted by atomic mass is 10.1. The predicted octanol–water partition coefficient (Wildman–Crippen LogP) is 4.69. The van der Waals surface area contributed by atoms with Crippen LogP contribution in [0, 0.1) is 6.92 Å². The van der Waals surface area contributed by atoms with Crippen LogP contribution in [0.4, 0.5) is 0 Å². The summed E-state index contributed by atoms with van der Waals surface area (Å²) in [6, 6.07) is 12.1. The molecule has 0 aliphatic carbocycles. The molecule has 0 unspecified atom stereocenters. The Morgan fingerprint density at radius 3 is 2.61 bits per heavy atom. The number of rotatable bonds is 7.